The van der Waals surface area contributed by atoms with Crippen LogP contribution in [0.25, 0.3) is 0 Å². The molecule has 4 nitrogen and oxygen atoms in total. The van der Waals surface area contributed by atoms with E-state index in [2.05, 4.69) is 0 Å². The summed E-state index contributed by atoms with van der Waals surface area (Å²) < 4.78 is 5.04. The van der Waals surface area contributed by atoms with E-state index < -0.39 is 6.10 Å². The summed E-state index contributed by atoms with van der Waals surface area (Å²) in [6.07, 6.45) is 1.40. The van der Waals surface area contributed by atoms with Gasteiger partial charge in [0.2, 0.25) is 0 Å². The van der Waals surface area contributed by atoms with Crippen molar-refractivity contribution in [1.29, 1.82) is 0 Å². The fourth-order valence-electron chi connectivity index (χ4n) is 1.05. The summed E-state index contributed by atoms with van der Waals surface area (Å²) in [6.45, 7) is 3.56. The lowest BCUT2D eigenvalue weighted by Crippen LogP contribution is -2.16. The zero-order valence-corrected chi connectivity index (χ0v) is 8.90. The molecule has 0 aromatic carbocycles. The quantitative estimate of drug-likeness (QED) is 0.603. The molecular weight excluding hydrogens is 184 g/mol. The molecule has 0 radical (unpaired) electrons. The Labute approximate surface area is 84.9 Å². The Morgan fingerprint density at radius 3 is 2.50 bits per heavy atom. The predicted molar refractivity (Wildman–Crippen MR) is 52.8 cm³/mol. The van der Waals surface area contributed by atoms with Gasteiger partial charge in [0.05, 0.1) is 12.2 Å². The van der Waals surface area contributed by atoms with Gasteiger partial charge in [-0.15, -0.1) is 0 Å². The van der Waals surface area contributed by atoms with E-state index in [-0.39, 0.29) is 25.1 Å². The van der Waals surface area contributed by atoms with Gasteiger partial charge in [-0.3, -0.25) is 4.79 Å². The van der Waals surface area contributed by atoms with Crippen molar-refractivity contribution < 1.29 is 19.7 Å². The van der Waals surface area contributed by atoms with Crippen molar-refractivity contribution in [3.8, 4) is 0 Å². The molecule has 0 aliphatic heterocycles. The van der Waals surface area contributed by atoms with Crippen molar-refractivity contribution in [2.75, 3.05) is 6.61 Å². The highest BCUT2D eigenvalue weighted by molar-refractivity contribution is 5.69. The van der Waals surface area contributed by atoms with Gasteiger partial charge in [0, 0.05) is 13.0 Å². The first-order chi connectivity index (χ1) is 6.56. The van der Waals surface area contributed by atoms with Gasteiger partial charge in [-0.25, -0.2) is 0 Å². The summed E-state index contributed by atoms with van der Waals surface area (Å²) >= 11 is 0. The van der Waals surface area contributed by atoms with E-state index in [1.54, 1.807) is 13.8 Å². The van der Waals surface area contributed by atoms with Crippen LogP contribution in [0.2, 0.25) is 0 Å². The molecule has 0 spiro atoms. The smallest absolute Gasteiger partial charge is 0.306 e. The molecule has 0 bridgehead atoms. The van der Waals surface area contributed by atoms with Crippen molar-refractivity contribution in [3.05, 3.63) is 0 Å². The second-order valence-electron chi connectivity index (χ2n) is 3.55. The molecule has 0 aromatic heterocycles. The molecule has 0 aliphatic rings. The van der Waals surface area contributed by atoms with Crippen LogP contribution < -0.4 is 0 Å². The van der Waals surface area contributed by atoms with Crippen LogP contribution in [0, 0.1) is 0 Å². The van der Waals surface area contributed by atoms with E-state index in [0.717, 1.165) is 0 Å². The molecule has 0 saturated carbocycles. The number of esters is 1. The van der Waals surface area contributed by atoms with Crippen LogP contribution in [-0.4, -0.2) is 35.0 Å². The number of aliphatic hydroxyl groups excluding tert-OH is 2. The third-order valence-corrected chi connectivity index (χ3v) is 1.87. The SMILES string of the molecule is CC(O)CCC(=O)OC(C)CCCO. The highest BCUT2D eigenvalue weighted by atomic mass is 16.5. The molecule has 2 atom stereocenters. The Morgan fingerprint density at radius 1 is 1.36 bits per heavy atom. The minimum absolute atomic E-state index is 0.121. The highest BCUT2D eigenvalue weighted by Gasteiger charge is 2.09. The van der Waals surface area contributed by atoms with E-state index >= 15 is 0 Å². The molecule has 0 fully saturated rings. The first kappa shape index (κ1) is 13.4. The van der Waals surface area contributed by atoms with Crippen LogP contribution in [-0.2, 0) is 9.53 Å². The van der Waals surface area contributed by atoms with Crippen LogP contribution in [0.5, 0.6) is 0 Å². The van der Waals surface area contributed by atoms with Gasteiger partial charge >= 0.3 is 5.97 Å². The number of carbonyl (C=O) groups is 1. The summed E-state index contributed by atoms with van der Waals surface area (Å²) in [5.41, 5.74) is 0. The molecule has 14 heavy (non-hydrogen) atoms. The van der Waals surface area contributed by atoms with Gasteiger partial charge in [0.1, 0.15) is 0 Å². The Hall–Kier alpha value is -0.610. The lowest BCUT2D eigenvalue weighted by molar-refractivity contribution is -0.149. The van der Waals surface area contributed by atoms with E-state index in [1.165, 1.54) is 0 Å². The van der Waals surface area contributed by atoms with Crippen LogP contribution in [0.15, 0.2) is 0 Å². The fraction of sp³-hybridized carbons (Fsp3) is 0.900. The third kappa shape index (κ3) is 8.01. The molecule has 2 unspecified atom stereocenters. The highest BCUT2D eigenvalue weighted by Crippen LogP contribution is 2.05. The molecule has 84 valence electrons. The predicted octanol–water partition coefficient (Wildman–Crippen LogP) is 0.852. The van der Waals surface area contributed by atoms with Crippen LogP contribution in [0.1, 0.15) is 39.5 Å². The minimum atomic E-state index is -0.463. The summed E-state index contributed by atoms with van der Waals surface area (Å²) in [4.78, 5) is 11.1. The van der Waals surface area contributed by atoms with E-state index in [0.29, 0.717) is 19.3 Å². The molecule has 2 N–H and O–H groups in total. The van der Waals surface area contributed by atoms with Crippen molar-refractivity contribution in [3.63, 3.8) is 0 Å². The number of rotatable bonds is 7. The zero-order chi connectivity index (χ0) is 11.0. The topological polar surface area (TPSA) is 66.8 Å². The van der Waals surface area contributed by atoms with Gasteiger partial charge in [-0.2, -0.15) is 0 Å². The first-order valence-electron chi connectivity index (χ1n) is 5.04. The Morgan fingerprint density at radius 2 is 2.00 bits per heavy atom. The van der Waals surface area contributed by atoms with Crippen molar-refractivity contribution in [1.82, 2.24) is 0 Å². The summed E-state index contributed by atoms with van der Waals surface area (Å²) in [6, 6.07) is 0. The fourth-order valence-corrected chi connectivity index (χ4v) is 1.05. The molecule has 0 amide bonds. The standard InChI is InChI=1S/C10H20O4/c1-8(12)5-6-10(13)14-9(2)4-3-7-11/h8-9,11-12H,3-7H2,1-2H3. The Bertz CT molecular complexity index is 156. The number of ether oxygens (including phenoxy) is 1. The van der Waals surface area contributed by atoms with Crippen molar-refractivity contribution in [2.45, 2.75) is 51.7 Å². The van der Waals surface area contributed by atoms with E-state index in [9.17, 15) is 4.79 Å². The van der Waals surface area contributed by atoms with Crippen LogP contribution in [0.4, 0.5) is 0 Å². The normalized spacial score (nSPS) is 14.9. The zero-order valence-electron chi connectivity index (χ0n) is 8.90. The number of hydrogen-bond donors (Lipinski definition) is 2. The van der Waals surface area contributed by atoms with E-state index in [1.807, 2.05) is 0 Å². The summed E-state index contributed by atoms with van der Waals surface area (Å²) in [5.74, 6) is -0.281. The maximum atomic E-state index is 11.1. The van der Waals surface area contributed by atoms with E-state index in [4.69, 9.17) is 14.9 Å². The molecular formula is C10H20O4. The third-order valence-electron chi connectivity index (χ3n) is 1.87. The molecule has 0 aromatic rings. The monoisotopic (exact) mass is 204 g/mol. The van der Waals surface area contributed by atoms with Gasteiger partial charge in [-0.1, -0.05) is 0 Å². The van der Waals surface area contributed by atoms with Gasteiger partial charge < -0.3 is 14.9 Å². The van der Waals surface area contributed by atoms with Gasteiger partial charge in [-0.05, 0) is 33.1 Å². The molecule has 0 aliphatic carbocycles. The van der Waals surface area contributed by atoms with Gasteiger partial charge in [0.15, 0.2) is 0 Å². The van der Waals surface area contributed by atoms with Crippen LogP contribution >= 0.6 is 0 Å². The summed E-state index contributed by atoms with van der Waals surface area (Å²) in [7, 11) is 0. The first-order valence-corrected chi connectivity index (χ1v) is 5.04. The Kier molecular flexibility index (Phi) is 7.42. The van der Waals surface area contributed by atoms with Crippen molar-refractivity contribution >= 4 is 5.97 Å². The maximum absolute atomic E-state index is 11.1. The number of aliphatic hydroxyl groups is 2. The summed E-state index contributed by atoms with van der Waals surface area (Å²) in [5, 5.41) is 17.5. The maximum Gasteiger partial charge on any atom is 0.306 e. The average molecular weight is 204 g/mol. The van der Waals surface area contributed by atoms with Crippen molar-refractivity contribution in [2.24, 2.45) is 0 Å². The second kappa shape index (κ2) is 7.76. The molecule has 4 heteroatoms. The molecule has 0 saturated heterocycles. The number of hydrogen-bond acceptors (Lipinski definition) is 4. The lowest BCUT2D eigenvalue weighted by atomic mass is 10.2. The lowest BCUT2D eigenvalue weighted by Gasteiger charge is -2.12. The number of carbonyl (C=O) groups excluding carboxylic acids is 1. The Balaban J connectivity index is 3.50. The average Bonchev–Trinajstić information content (AvgIpc) is 2.11. The molecule has 0 heterocycles. The minimum Gasteiger partial charge on any atom is -0.463 e. The second-order valence-corrected chi connectivity index (χ2v) is 3.55. The van der Waals surface area contributed by atoms with Gasteiger partial charge in [0.25, 0.3) is 0 Å². The largest absolute Gasteiger partial charge is 0.463 e. The molecule has 0 rings (SSSR count). The van der Waals surface area contributed by atoms with Crippen LogP contribution in [0.3, 0.4) is 0 Å².